The van der Waals surface area contributed by atoms with E-state index >= 15 is 0 Å². The maximum absolute atomic E-state index is 9.65. The molecule has 0 saturated carbocycles. The third-order valence-electron chi connectivity index (χ3n) is 5.23. The van der Waals surface area contributed by atoms with Gasteiger partial charge in [-0.15, -0.1) is 6.58 Å². The summed E-state index contributed by atoms with van der Waals surface area (Å²) < 4.78 is 17.1. The van der Waals surface area contributed by atoms with Crippen molar-refractivity contribution in [1.29, 1.82) is 0 Å². The van der Waals surface area contributed by atoms with E-state index in [-0.39, 0.29) is 0 Å². The Morgan fingerprint density at radius 2 is 1.79 bits per heavy atom. The molecule has 3 aromatic rings. The molecule has 1 aliphatic rings. The topological polar surface area (TPSA) is 60.3 Å². The number of methoxy groups -OCH3 is 1. The zero-order valence-corrected chi connectivity index (χ0v) is 18.4. The lowest BCUT2D eigenvalue weighted by molar-refractivity contribution is 0.276. The second-order valence-corrected chi connectivity index (χ2v) is 7.43. The van der Waals surface area contributed by atoms with E-state index in [1.54, 1.807) is 13.2 Å². The van der Waals surface area contributed by atoms with Crippen LogP contribution in [-0.4, -0.2) is 18.0 Å². The van der Waals surface area contributed by atoms with Crippen molar-refractivity contribution in [2.24, 2.45) is 5.16 Å². The summed E-state index contributed by atoms with van der Waals surface area (Å²) >= 11 is 0. The highest BCUT2D eigenvalue weighted by molar-refractivity contribution is 6.20. The van der Waals surface area contributed by atoms with Crippen LogP contribution in [0.3, 0.4) is 0 Å². The highest BCUT2D eigenvalue weighted by Crippen LogP contribution is 2.36. The van der Waals surface area contributed by atoms with Crippen molar-refractivity contribution in [3.8, 4) is 11.5 Å². The molecular weight excluding hydrogens is 414 g/mol. The van der Waals surface area contributed by atoms with Crippen LogP contribution in [0.2, 0.25) is 0 Å². The van der Waals surface area contributed by atoms with Gasteiger partial charge < -0.3 is 19.4 Å². The van der Waals surface area contributed by atoms with E-state index in [1.165, 1.54) is 0 Å². The molecule has 0 radical (unpaired) electrons. The minimum Gasteiger partial charge on any atom is -0.497 e. The summed E-state index contributed by atoms with van der Waals surface area (Å²) in [5.74, 6) is 2.54. The van der Waals surface area contributed by atoms with Crippen LogP contribution in [0.25, 0.3) is 11.6 Å². The van der Waals surface area contributed by atoms with Gasteiger partial charge in [-0.2, -0.15) is 0 Å². The van der Waals surface area contributed by atoms with Gasteiger partial charge in [-0.3, -0.25) is 0 Å². The molecule has 1 heterocycles. The Hall–Kier alpha value is -4.25. The van der Waals surface area contributed by atoms with Crippen molar-refractivity contribution < 1.29 is 19.4 Å². The predicted octanol–water partition coefficient (Wildman–Crippen LogP) is 6.46. The predicted molar refractivity (Wildman–Crippen MR) is 130 cm³/mol. The summed E-state index contributed by atoms with van der Waals surface area (Å²) in [7, 11) is 1.62. The molecule has 0 unspecified atom stereocenters. The number of hydrogen-bond acceptors (Lipinski definition) is 5. The average molecular weight is 440 g/mol. The standard InChI is InChI=1S/C28H25NO4/c1-3-8-25(22-13-15-23(16-14-22)32-19-20-9-5-4-6-10-20)28-27(29-30)26(33-28)18-21-11-7-12-24(17-21)31-2/h3-7,9-18,30H,1,8,19H2,2H3/b26-18-,28-25-,29-27+. The van der Waals surface area contributed by atoms with Gasteiger partial charge in [0.15, 0.2) is 17.2 Å². The lowest BCUT2D eigenvalue weighted by Crippen LogP contribution is -2.24. The fourth-order valence-electron chi connectivity index (χ4n) is 3.53. The number of benzene rings is 3. The first kappa shape index (κ1) is 22.0. The van der Waals surface area contributed by atoms with Crippen LogP contribution in [-0.2, 0) is 11.3 Å². The summed E-state index contributed by atoms with van der Waals surface area (Å²) in [6.45, 7) is 4.36. The smallest absolute Gasteiger partial charge is 0.187 e. The molecule has 0 aliphatic carbocycles. The van der Waals surface area contributed by atoms with E-state index in [9.17, 15) is 5.21 Å². The summed E-state index contributed by atoms with van der Waals surface area (Å²) in [6, 6.07) is 25.4. The van der Waals surface area contributed by atoms with Crippen molar-refractivity contribution in [1.82, 2.24) is 0 Å². The molecule has 1 aliphatic heterocycles. The Kier molecular flexibility index (Phi) is 6.90. The van der Waals surface area contributed by atoms with Gasteiger partial charge >= 0.3 is 0 Å². The molecule has 0 spiro atoms. The SMILES string of the molecule is C=CC/C(=C1/OC(=C\c2cccc(OC)c2)/C1=N\O)c1ccc(OCc2ccccc2)cc1. The molecule has 4 rings (SSSR count). The van der Waals surface area contributed by atoms with E-state index in [0.29, 0.717) is 30.3 Å². The molecule has 0 aromatic heterocycles. The maximum atomic E-state index is 9.65. The van der Waals surface area contributed by atoms with Crippen LogP contribution in [0.4, 0.5) is 0 Å². The van der Waals surface area contributed by atoms with E-state index in [0.717, 1.165) is 33.8 Å². The Morgan fingerprint density at radius 1 is 1.00 bits per heavy atom. The fourth-order valence-corrected chi connectivity index (χ4v) is 3.53. The quantitative estimate of drug-likeness (QED) is 0.248. The van der Waals surface area contributed by atoms with Crippen LogP contribution in [0.1, 0.15) is 23.1 Å². The lowest BCUT2D eigenvalue weighted by Gasteiger charge is -2.27. The minimum atomic E-state index is 0.402. The second kappa shape index (κ2) is 10.4. The Balaban J connectivity index is 1.54. The van der Waals surface area contributed by atoms with E-state index in [4.69, 9.17) is 14.2 Å². The molecule has 1 fully saturated rings. The summed E-state index contributed by atoms with van der Waals surface area (Å²) in [5, 5.41) is 13.1. The monoisotopic (exact) mass is 439 g/mol. The molecular formula is C28H25NO4. The van der Waals surface area contributed by atoms with Crippen molar-refractivity contribution in [3.05, 3.63) is 120 Å². The van der Waals surface area contributed by atoms with E-state index in [2.05, 4.69) is 11.7 Å². The number of rotatable bonds is 8. The average Bonchev–Trinajstić information content (AvgIpc) is 2.85. The van der Waals surface area contributed by atoms with Crippen molar-refractivity contribution in [2.45, 2.75) is 13.0 Å². The number of nitrogens with zero attached hydrogens (tertiary/aromatic N) is 1. The second-order valence-electron chi connectivity index (χ2n) is 7.43. The largest absolute Gasteiger partial charge is 0.497 e. The molecule has 0 amide bonds. The molecule has 1 N–H and O–H groups in total. The summed E-state index contributed by atoms with van der Waals surface area (Å²) in [4.78, 5) is 0. The van der Waals surface area contributed by atoms with Crippen LogP contribution < -0.4 is 9.47 Å². The maximum Gasteiger partial charge on any atom is 0.187 e. The van der Waals surface area contributed by atoms with Crippen LogP contribution >= 0.6 is 0 Å². The lowest BCUT2D eigenvalue weighted by atomic mass is 9.95. The number of ether oxygens (including phenoxy) is 3. The molecule has 5 nitrogen and oxygen atoms in total. The van der Waals surface area contributed by atoms with E-state index in [1.807, 2.05) is 84.9 Å². The number of allylic oxidation sites excluding steroid dienone is 2. The Bertz CT molecular complexity index is 1210. The minimum absolute atomic E-state index is 0.402. The summed E-state index contributed by atoms with van der Waals surface area (Å²) in [6.07, 6.45) is 4.17. The summed E-state index contributed by atoms with van der Waals surface area (Å²) in [5.41, 5.74) is 4.22. The third kappa shape index (κ3) is 5.15. The fraction of sp³-hybridized carbons (Fsp3) is 0.107. The Labute approximate surface area is 193 Å². The van der Waals surface area contributed by atoms with Crippen LogP contribution in [0, 0.1) is 0 Å². The van der Waals surface area contributed by atoms with Gasteiger partial charge in [0, 0.05) is 5.57 Å². The third-order valence-corrected chi connectivity index (χ3v) is 5.23. The molecule has 1 saturated heterocycles. The van der Waals surface area contributed by atoms with Crippen molar-refractivity contribution >= 4 is 17.4 Å². The molecule has 33 heavy (non-hydrogen) atoms. The van der Waals surface area contributed by atoms with Gasteiger partial charge in [-0.25, -0.2) is 0 Å². The zero-order chi connectivity index (χ0) is 23.0. The van der Waals surface area contributed by atoms with Gasteiger partial charge in [-0.05, 0) is 53.5 Å². The molecule has 3 aromatic carbocycles. The van der Waals surface area contributed by atoms with Gasteiger partial charge in [0.25, 0.3) is 0 Å². The molecule has 5 heteroatoms. The van der Waals surface area contributed by atoms with Gasteiger partial charge in [0.2, 0.25) is 0 Å². The van der Waals surface area contributed by atoms with Gasteiger partial charge in [0.05, 0.1) is 7.11 Å². The van der Waals surface area contributed by atoms with Crippen LogP contribution in [0.15, 0.2) is 108 Å². The van der Waals surface area contributed by atoms with E-state index < -0.39 is 0 Å². The van der Waals surface area contributed by atoms with Crippen LogP contribution in [0.5, 0.6) is 11.5 Å². The first-order valence-corrected chi connectivity index (χ1v) is 10.6. The molecule has 166 valence electrons. The first-order chi connectivity index (χ1) is 16.2. The normalized spacial score (nSPS) is 16.6. The first-order valence-electron chi connectivity index (χ1n) is 10.6. The number of hydrogen-bond donors (Lipinski definition) is 1. The van der Waals surface area contributed by atoms with Gasteiger partial charge in [0.1, 0.15) is 18.1 Å². The molecule has 0 atom stereocenters. The van der Waals surface area contributed by atoms with Crippen molar-refractivity contribution in [2.75, 3.05) is 7.11 Å². The zero-order valence-electron chi connectivity index (χ0n) is 18.4. The Morgan fingerprint density at radius 3 is 2.48 bits per heavy atom. The highest BCUT2D eigenvalue weighted by Gasteiger charge is 2.32. The van der Waals surface area contributed by atoms with Gasteiger partial charge in [-0.1, -0.05) is 65.8 Å². The highest BCUT2D eigenvalue weighted by atomic mass is 16.5. The van der Waals surface area contributed by atoms with Crippen molar-refractivity contribution in [3.63, 3.8) is 0 Å². The molecule has 0 bridgehead atoms. The number of oxime groups is 1.